The number of carboxylic acid groups (broad SMARTS) is 2. The van der Waals surface area contributed by atoms with E-state index in [1.165, 1.54) is 6.07 Å². The molecule has 256 valence electrons. The summed E-state index contributed by atoms with van der Waals surface area (Å²) < 4.78 is 66.4. The standard InChI is InChI=1S/C31H31ClFN3O5.C2HF3O2/c1-31(23-8-7-21(32)17-24(23)33)40-27-5-3-4-22(29(27)41-31)19-10-12-35(13-11-19)18-28-34-25-9-6-20(30(37)38)16-26(25)36(28)14-15-39-2;3-2(4,5)1(6)7/h3-9,16-17,19H,10-15,18H2,1-2H3,(H,37,38);(H,6,7). The fourth-order valence-corrected chi connectivity index (χ4v) is 6.06. The number of para-hydroxylation sites is 1. The van der Waals surface area contributed by atoms with E-state index < -0.39 is 29.7 Å². The number of aromatic nitrogens is 2. The molecule has 0 saturated carbocycles. The highest BCUT2D eigenvalue weighted by Gasteiger charge is 2.43. The summed E-state index contributed by atoms with van der Waals surface area (Å²) >= 11 is 5.96. The van der Waals surface area contributed by atoms with Gasteiger partial charge in [0.2, 0.25) is 0 Å². The van der Waals surface area contributed by atoms with Gasteiger partial charge in [-0.1, -0.05) is 23.7 Å². The van der Waals surface area contributed by atoms with Gasteiger partial charge in [-0.25, -0.2) is 19.0 Å². The van der Waals surface area contributed by atoms with Crippen molar-refractivity contribution in [3.8, 4) is 11.5 Å². The van der Waals surface area contributed by atoms with Crippen molar-refractivity contribution >= 4 is 34.6 Å². The van der Waals surface area contributed by atoms with Crippen LogP contribution in [0.4, 0.5) is 17.6 Å². The quantitative estimate of drug-likeness (QED) is 0.191. The van der Waals surface area contributed by atoms with E-state index in [0.717, 1.165) is 48.4 Å². The number of aromatic carboxylic acids is 1. The van der Waals surface area contributed by atoms with Crippen LogP contribution in [0, 0.1) is 5.82 Å². The van der Waals surface area contributed by atoms with Gasteiger partial charge in [-0.3, -0.25) is 4.90 Å². The Morgan fingerprint density at radius 2 is 1.79 bits per heavy atom. The molecule has 2 aliphatic heterocycles. The monoisotopic (exact) mass is 693 g/mol. The van der Waals surface area contributed by atoms with E-state index in [2.05, 4.69) is 15.5 Å². The first-order chi connectivity index (χ1) is 22.7. The molecule has 0 aliphatic carbocycles. The number of methoxy groups -OCH3 is 1. The number of hydrogen-bond donors (Lipinski definition) is 2. The van der Waals surface area contributed by atoms with Crippen LogP contribution in [0.25, 0.3) is 11.0 Å². The average molecular weight is 694 g/mol. The Labute approximate surface area is 277 Å². The topological polar surface area (TPSA) is 123 Å². The van der Waals surface area contributed by atoms with Crippen molar-refractivity contribution in [2.75, 3.05) is 26.8 Å². The Balaban J connectivity index is 0.000000582. The van der Waals surface area contributed by atoms with E-state index >= 15 is 0 Å². The molecule has 0 spiro atoms. The minimum atomic E-state index is -5.08. The number of halogens is 5. The minimum Gasteiger partial charge on any atom is -0.478 e. The largest absolute Gasteiger partial charge is 0.490 e. The number of aliphatic carboxylic acids is 1. The van der Waals surface area contributed by atoms with Crippen LogP contribution in [-0.2, 0) is 28.4 Å². The summed E-state index contributed by atoms with van der Waals surface area (Å²) in [5, 5.41) is 16.9. The fourth-order valence-electron chi connectivity index (χ4n) is 5.90. The molecule has 1 aromatic heterocycles. The van der Waals surface area contributed by atoms with E-state index in [1.807, 2.05) is 12.1 Å². The van der Waals surface area contributed by atoms with Gasteiger partial charge in [-0.2, -0.15) is 13.2 Å². The normalized spacial score (nSPS) is 18.1. The van der Waals surface area contributed by atoms with Crippen LogP contribution in [-0.4, -0.2) is 69.6 Å². The third-order valence-corrected chi connectivity index (χ3v) is 8.49. The van der Waals surface area contributed by atoms with Gasteiger partial charge >= 0.3 is 18.1 Å². The highest BCUT2D eigenvalue weighted by atomic mass is 35.5. The number of piperidine rings is 1. The summed E-state index contributed by atoms with van der Waals surface area (Å²) in [7, 11) is 1.65. The number of rotatable bonds is 8. The van der Waals surface area contributed by atoms with E-state index in [9.17, 15) is 27.5 Å². The third kappa shape index (κ3) is 7.50. The molecule has 0 radical (unpaired) electrons. The van der Waals surface area contributed by atoms with Gasteiger partial charge in [0.25, 0.3) is 5.79 Å². The molecular weight excluding hydrogens is 662 g/mol. The van der Waals surface area contributed by atoms with Crippen molar-refractivity contribution in [1.82, 2.24) is 14.5 Å². The molecule has 2 N–H and O–H groups in total. The van der Waals surface area contributed by atoms with Crippen LogP contribution >= 0.6 is 11.6 Å². The fraction of sp³-hybridized carbons (Fsp3) is 0.364. The molecule has 0 bridgehead atoms. The van der Waals surface area contributed by atoms with Crippen molar-refractivity contribution in [2.24, 2.45) is 0 Å². The molecule has 6 rings (SSSR count). The maximum Gasteiger partial charge on any atom is 0.490 e. The molecule has 48 heavy (non-hydrogen) atoms. The van der Waals surface area contributed by atoms with E-state index in [4.69, 9.17) is 40.7 Å². The molecule has 15 heteroatoms. The number of ether oxygens (including phenoxy) is 3. The number of fused-ring (bicyclic) bond motifs is 2. The summed E-state index contributed by atoms with van der Waals surface area (Å²) in [6.07, 6.45) is -3.26. The first kappa shape index (κ1) is 34.9. The Morgan fingerprint density at radius 3 is 2.42 bits per heavy atom. The third-order valence-electron chi connectivity index (χ3n) is 8.26. The van der Waals surface area contributed by atoms with Gasteiger partial charge in [0.1, 0.15) is 11.6 Å². The SMILES string of the molecule is COCCn1c(CN2CCC(c3cccc4c3OC(C)(c3ccc(Cl)cc3F)O4)CC2)nc2ccc(C(=O)O)cc21.O=C(O)C(F)(F)F. The molecule has 10 nitrogen and oxygen atoms in total. The molecule has 1 unspecified atom stereocenters. The van der Waals surface area contributed by atoms with Crippen molar-refractivity contribution in [3.63, 3.8) is 0 Å². The first-order valence-corrected chi connectivity index (χ1v) is 15.3. The zero-order chi connectivity index (χ0) is 34.8. The van der Waals surface area contributed by atoms with Crippen molar-refractivity contribution in [3.05, 3.63) is 88.0 Å². The number of benzene rings is 3. The number of carbonyl (C=O) groups is 2. The number of likely N-dealkylation sites (tertiary alicyclic amines) is 1. The predicted molar refractivity (Wildman–Crippen MR) is 166 cm³/mol. The van der Waals surface area contributed by atoms with Crippen molar-refractivity contribution in [1.29, 1.82) is 0 Å². The maximum absolute atomic E-state index is 14.8. The Kier molecular flexibility index (Phi) is 10.2. The van der Waals surface area contributed by atoms with Gasteiger partial charge in [-0.15, -0.1) is 0 Å². The highest BCUT2D eigenvalue weighted by Crippen LogP contribution is 2.49. The van der Waals surface area contributed by atoms with Crippen LogP contribution in [0.3, 0.4) is 0 Å². The number of hydrogen-bond acceptors (Lipinski definition) is 7. The summed E-state index contributed by atoms with van der Waals surface area (Å²) in [5.41, 5.74) is 3.16. The summed E-state index contributed by atoms with van der Waals surface area (Å²) in [5.74, 6) is -3.06. The molecular formula is C33H32ClF4N3O7. The number of alkyl halides is 3. The summed E-state index contributed by atoms with van der Waals surface area (Å²) in [4.78, 5) is 27.6. The molecule has 3 aromatic carbocycles. The van der Waals surface area contributed by atoms with Crippen LogP contribution in [0.5, 0.6) is 11.5 Å². The van der Waals surface area contributed by atoms with Crippen molar-refractivity contribution in [2.45, 2.75) is 50.7 Å². The lowest BCUT2D eigenvalue weighted by Gasteiger charge is -2.32. The Morgan fingerprint density at radius 1 is 1.08 bits per heavy atom. The van der Waals surface area contributed by atoms with Crippen LogP contribution < -0.4 is 9.47 Å². The molecule has 1 atom stereocenters. The smallest absolute Gasteiger partial charge is 0.478 e. The van der Waals surface area contributed by atoms with Crippen molar-refractivity contribution < 1.29 is 51.6 Å². The van der Waals surface area contributed by atoms with Gasteiger partial charge in [0.15, 0.2) is 11.5 Å². The van der Waals surface area contributed by atoms with E-state index in [0.29, 0.717) is 41.8 Å². The Hall–Kier alpha value is -4.40. The molecule has 4 aromatic rings. The van der Waals surface area contributed by atoms with Gasteiger partial charge in [0.05, 0.1) is 35.3 Å². The predicted octanol–water partition coefficient (Wildman–Crippen LogP) is 6.83. The lowest BCUT2D eigenvalue weighted by molar-refractivity contribution is -0.192. The summed E-state index contributed by atoms with van der Waals surface area (Å²) in [6, 6.07) is 15.4. The lowest BCUT2D eigenvalue weighted by atomic mass is 9.88. The highest BCUT2D eigenvalue weighted by molar-refractivity contribution is 6.30. The molecule has 0 amide bonds. The van der Waals surface area contributed by atoms with Gasteiger partial charge in [0, 0.05) is 31.2 Å². The molecule has 2 aliphatic rings. The second-order valence-electron chi connectivity index (χ2n) is 11.5. The minimum absolute atomic E-state index is 0.236. The molecule has 1 saturated heterocycles. The second kappa shape index (κ2) is 14.0. The maximum atomic E-state index is 14.8. The summed E-state index contributed by atoms with van der Waals surface area (Å²) in [6.45, 7) is 5.16. The Bertz CT molecular complexity index is 1830. The van der Waals surface area contributed by atoms with Crippen LogP contribution in [0.1, 0.15) is 53.0 Å². The van der Waals surface area contributed by atoms with E-state index in [-0.39, 0.29) is 11.5 Å². The van der Waals surface area contributed by atoms with Gasteiger partial charge in [-0.05, 0) is 74.3 Å². The first-order valence-electron chi connectivity index (χ1n) is 14.9. The average Bonchev–Trinajstić information content (AvgIpc) is 3.56. The molecule has 1 fully saturated rings. The van der Waals surface area contributed by atoms with Crippen LogP contribution in [0.15, 0.2) is 54.6 Å². The second-order valence-corrected chi connectivity index (χ2v) is 11.9. The zero-order valence-electron chi connectivity index (χ0n) is 25.9. The lowest BCUT2D eigenvalue weighted by Crippen LogP contribution is -2.34. The number of carboxylic acids is 2. The number of nitrogens with zero attached hydrogens (tertiary/aromatic N) is 3. The van der Waals surface area contributed by atoms with E-state index in [1.54, 1.807) is 44.4 Å². The van der Waals surface area contributed by atoms with Crippen LogP contribution in [0.2, 0.25) is 5.02 Å². The molecule has 3 heterocycles. The van der Waals surface area contributed by atoms with Gasteiger partial charge < -0.3 is 29.0 Å². The number of imidazole rings is 1. The zero-order valence-corrected chi connectivity index (χ0v) is 26.6.